The van der Waals surface area contributed by atoms with Gasteiger partial charge in [-0.1, -0.05) is 30.3 Å². The molecule has 2 amide bonds. The van der Waals surface area contributed by atoms with Crippen molar-refractivity contribution in [1.29, 1.82) is 0 Å². The highest BCUT2D eigenvalue weighted by Crippen LogP contribution is 2.27. The number of halogens is 1. The van der Waals surface area contributed by atoms with E-state index in [9.17, 15) is 18.8 Å². The van der Waals surface area contributed by atoms with Crippen molar-refractivity contribution in [3.8, 4) is 0 Å². The first-order valence-corrected chi connectivity index (χ1v) is 12.3. The second kappa shape index (κ2) is 11.7. The summed E-state index contributed by atoms with van der Waals surface area (Å²) in [6.45, 7) is 2.38. The minimum atomic E-state index is -0.799. The van der Waals surface area contributed by atoms with E-state index in [2.05, 4.69) is 5.32 Å². The lowest BCUT2D eigenvalue weighted by molar-refractivity contribution is -0.124. The lowest BCUT2D eigenvalue weighted by atomic mass is 10.1. The lowest BCUT2D eigenvalue weighted by Gasteiger charge is -2.24. The molecule has 37 heavy (non-hydrogen) atoms. The largest absolute Gasteiger partial charge is 0.462 e. The third-order valence-electron chi connectivity index (χ3n) is 5.95. The Bertz CT molecular complexity index is 1280. The molecule has 1 saturated heterocycles. The highest BCUT2D eigenvalue weighted by atomic mass is 32.1. The van der Waals surface area contributed by atoms with E-state index in [4.69, 9.17) is 17.0 Å². The summed E-state index contributed by atoms with van der Waals surface area (Å²) in [7, 11) is 0. The molecule has 9 heteroatoms. The maximum Gasteiger partial charge on any atom is 0.338 e. The van der Waals surface area contributed by atoms with Gasteiger partial charge in [0.2, 0.25) is 5.91 Å². The SMILES string of the molecule is CCOC(=O)c1ccc(NC(=O)CC2C(=O)N(c3ccccc3)C(=S)N2CCc2ccc(F)cc2)cc1. The Hall–Kier alpha value is -4.11. The van der Waals surface area contributed by atoms with Gasteiger partial charge < -0.3 is 15.0 Å². The van der Waals surface area contributed by atoms with Crippen molar-refractivity contribution in [2.75, 3.05) is 23.4 Å². The number of nitrogens with one attached hydrogen (secondary N) is 1. The number of thiocarbonyl (C=S) groups is 1. The Morgan fingerprint density at radius 2 is 1.68 bits per heavy atom. The fraction of sp³-hybridized carbons (Fsp3) is 0.214. The molecule has 0 aromatic heterocycles. The minimum Gasteiger partial charge on any atom is -0.462 e. The number of carbonyl (C=O) groups is 3. The van der Waals surface area contributed by atoms with Gasteiger partial charge in [-0.2, -0.15) is 0 Å². The van der Waals surface area contributed by atoms with Gasteiger partial charge in [0, 0.05) is 12.2 Å². The minimum absolute atomic E-state index is 0.120. The number of nitrogens with zero attached hydrogens (tertiary/aromatic N) is 2. The quantitative estimate of drug-likeness (QED) is 0.330. The van der Waals surface area contributed by atoms with Crippen LogP contribution in [0.1, 0.15) is 29.3 Å². The summed E-state index contributed by atoms with van der Waals surface area (Å²) in [6, 6.07) is 20.7. The summed E-state index contributed by atoms with van der Waals surface area (Å²) >= 11 is 5.67. The van der Waals surface area contributed by atoms with Crippen molar-refractivity contribution < 1.29 is 23.5 Å². The van der Waals surface area contributed by atoms with Gasteiger partial charge >= 0.3 is 5.97 Å². The first-order valence-electron chi connectivity index (χ1n) is 11.9. The number of hydrogen-bond acceptors (Lipinski definition) is 5. The van der Waals surface area contributed by atoms with E-state index >= 15 is 0 Å². The van der Waals surface area contributed by atoms with Crippen molar-refractivity contribution in [3.05, 3.63) is 95.8 Å². The summed E-state index contributed by atoms with van der Waals surface area (Å²) in [5.41, 5.74) is 2.38. The van der Waals surface area contributed by atoms with E-state index in [1.165, 1.54) is 17.0 Å². The maximum atomic E-state index is 13.5. The molecule has 0 saturated carbocycles. The number of benzene rings is 3. The van der Waals surface area contributed by atoms with Gasteiger partial charge in [-0.3, -0.25) is 14.5 Å². The summed E-state index contributed by atoms with van der Waals surface area (Å²) in [5, 5.41) is 3.10. The van der Waals surface area contributed by atoms with E-state index in [-0.39, 0.29) is 30.7 Å². The highest BCUT2D eigenvalue weighted by molar-refractivity contribution is 7.80. The first-order chi connectivity index (χ1) is 17.9. The predicted octanol–water partition coefficient (Wildman–Crippen LogP) is 4.58. The molecule has 1 fully saturated rings. The van der Waals surface area contributed by atoms with Gasteiger partial charge in [0.1, 0.15) is 11.9 Å². The third-order valence-corrected chi connectivity index (χ3v) is 6.36. The number of rotatable bonds is 9. The summed E-state index contributed by atoms with van der Waals surface area (Å²) in [5.74, 6) is -1.42. The van der Waals surface area contributed by atoms with Crippen LogP contribution in [0.5, 0.6) is 0 Å². The summed E-state index contributed by atoms with van der Waals surface area (Å²) in [4.78, 5) is 41.5. The highest BCUT2D eigenvalue weighted by Gasteiger charge is 2.43. The van der Waals surface area contributed by atoms with E-state index in [1.54, 1.807) is 60.4 Å². The molecule has 3 aromatic carbocycles. The number of esters is 1. The van der Waals surface area contributed by atoms with Gasteiger partial charge in [0.25, 0.3) is 5.91 Å². The van der Waals surface area contributed by atoms with Crippen LogP contribution in [0.4, 0.5) is 15.8 Å². The Balaban J connectivity index is 1.49. The van der Waals surface area contributed by atoms with Crippen molar-refractivity contribution in [2.24, 2.45) is 0 Å². The molecule has 1 unspecified atom stereocenters. The van der Waals surface area contributed by atoms with Gasteiger partial charge in [-0.15, -0.1) is 0 Å². The molecule has 0 spiro atoms. The van der Waals surface area contributed by atoms with Gasteiger partial charge in [0.15, 0.2) is 5.11 Å². The van der Waals surface area contributed by atoms with Crippen LogP contribution in [-0.2, 0) is 20.7 Å². The van der Waals surface area contributed by atoms with Crippen LogP contribution in [-0.4, -0.2) is 47.0 Å². The van der Waals surface area contributed by atoms with Crippen LogP contribution in [0.15, 0.2) is 78.9 Å². The maximum absolute atomic E-state index is 13.5. The average Bonchev–Trinajstić information content (AvgIpc) is 3.13. The van der Waals surface area contributed by atoms with E-state index in [1.807, 2.05) is 18.2 Å². The first kappa shape index (κ1) is 26.0. The van der Waals surface area contributed by atoms with Crippen LogP contribution in [0.2, 0.25) is 0 Å². The van der Waals surface area contributed by atoms with E-state index in [0.29, 0.717) is 35.0 Å². The van der Waals surface area contributed by atoms with E-state index < -0.39 is 12.0 Å². The number of ether oxygens (including phenoxy) is 1. The molecular formula is C28H26FN3O4S. The molecule has 1 atom stereocenters. The number of para-hydroxylation sites is 1. The zero-order valence-corrected chi connectivity index (χ0v) is 21.0. The molecule has 7 nitrogen and oxygen atoms in total. The van der Waals surface area contributed by atoms with Crippen LogP contribution in [0, 0.1) is 5.82 Å². The molecule has 0 radical (unpaired) electrons. The Kier molecular flexibility index (Phi) is 8.25. The molecule has 0 bridgehead atoms. The van der Waals surface area contributed by atoms with Crippen molar-refractivity contribution in [3.63, 3.8) is 0 Å². The molecule has 1 aliphatic heterocycles. The molecule has 1 heterocycles. The molecular weight excluding hydrogens is 493 g/mol. The smallest absolute Gasteiger partial charge is 0.338 e. The fourth-order valence-electron chi connectivity index (χ4n) is 4.09. The lowest BCUT2D eigenvalue weighted by Crippen LogP contribution is -2.39. The topological polar surface area (TPSA) is 78.9 Å². The van der Waals surface area contributed by atoms with Gasteiger partial charge in [-0.25, -0.2) is 9.18 Å². The summed E-state index contributed by atoms with van der Waals surface area (Å²) in [6.07, 6.45) is 0.398. The van der Waals surface area contributed by atoms with Gasteiger partial charge in [0.05, 0.1) is 24.3 Å². The predicted molar refractivity (Wildman–Crippen MR) is 143 cm³/mol. The number of anilines is 2. The molecule has 3 aromatic rings. The van der Waals surface area contributed by atoms with Gasteiger partial charge in [-0.05, 0) is 79.7 Å². The third kappa shape index (κ3) is 6.18. The van der Waals surface area contributed by atoms with Crippen LogP contribution in [0.3, 0.4) is 0 Å². The van der Waals surface area contributed by atoms with Crippen molar-refractivity contribution in [2.45, 2.75) is 25.8 Å². The second-order valence-corrected chi connectivity index (χ2v) is 8.79. The van der Waals surface area contributed by atoms with Crippen molar-refractivity contribution in [1.82, 2.24) is 4.90 Å². The van der Waals surface area contributed by atoms with E-state index in [0.717, 1.165) is 5.56 Å². The Morgan fingerprint density at radius 1 is 1.00 bits per heavy atom. The average molecular weight is 520 g/mol. The molecule has 190 valence electrons. The number of hydrogen-bond donors (Lipinski definition) is 1. The molecule has 4 rings (SSSR count). The zero-order chi connectivity index (χ0) is 26.4. The molecule has 0 aliphatic carbocycles. The van der Waals surface area contributed by atoms with Crippen LogP contribution >= 0.6 is 12.2 Å². The van der Waals surface area contributed by atoms with Crippen LogP contribution < -0.4 is 10.2 Å². The Morgan fingerprint density at radius 3 is 2.32 bits per heavy atom. The monoisotopic (exact) mass is 519 g/mol. The Labute approximate surface area is 219 Å². The standard InChI is InChI=1S/C28H26FN3O4S/c1-2-36-27(35)20-10-14-22(15-11-20)30-25(33)18-24-26(34)32(23-6-4-3-5-7-23)28(37)31(24)17-16-19-8-12-21(29)13-9-19/h3-15,24H,2,16-18H2,1H3,(H,30,33). The molecule has 1 aliphatic rings. The number of amides is 2. The zero-order valence-electron chi connectivity index (χ0n) is 20.2. The fourth-order valence-corrected chi connectivity index (χ4v) is 4.51. The number of carbonyl (C=O) groups excluding carboxylic acids is 3. The van der Waals surface area contributed by atoms with Crippen LogP contribution in [0.25, 0.3) is 0 Å². The summed E-state index contributed by atoms with van der Waals surface area (Å²) < 4.78 is 18.3. The van der Waals surface area contributed by atoms with Crippen molar-refractivity contribution >= 4 is 46.5 Å². The second-order valence-electron chi connectivity index (χ2n) is 8.43. The molecule has 1 N–H and O–H groups in total. The normalized spacial score (nSPS) is 15.1.